The molecule has 0 bridgehead atoms. The second-order valence-corrected chi connectivity index (χ2v) is 6.43. The molecule has 1 aromatic rings. The lowest BCUT2D eigenvalue weighted by Gasteiger charge is -2.23. The van der Waals surface area contributed by atoms with Crippen LogP contribution < -0.4 is 10.6 Å². The minimum absolute atomic E-state index is 0.0490. The molecule has 3 nitrogen and oxygen atoms in total. The molecular formula is C15H18Cl2N2O. The fraction of sp³-hybridized carbons (Fsp3) is 0.533. The SMILES string of the molecule is O=C(NC1CCCNC1)C1CC1c1cccc(Cl)c1Cl. The molecule has 3 unspecified atom stereocenters. The molecule has 20 heavy (non-hydrogen) atoms. The highest BCUT2D eigenvalue weighted by molar-refractivity contribution is 6.42. The van der Waals surface area contributed by atoms with E-state index in [1.54, 1.807) is 6.07 Å². The maximum Gasteiger partial charge on any atom is 0.224 e. The van der Waals surface area contributed by atoms with E-state index >= 15 is 0 Å². The fourth-order valence-corrected chi connectivity index (χ4v) is 3.37. The molecule has 0 aromatic heterocycles. The number of hydrogen-bond acceptors (Lipinski definition) is 2. The van der Waals surface area contributed by atoms with Gasteiger partial charge in [0.2, 0.25) is 5.91 Å². The minimum Gasteiger partial charge on any atom is -0.352 e. The lowest BCUT2D eigenvalue weighted by atomic mass is 10.1. The van der Waals surface area contributed by atoms with Crippen molar-refractivity contribution in [2.75, 3.05) is 13.1 Å². The number of halogens is 2. The van der Waals surface area contributed by atoms with Crippen molar-refractivity contribution in [2.24, 2.45) is 5.92 Å². The monoisotopic (exact) mass is 312 g/mol. The van der Waals surface area contributed by atoms with E-state index in [2.05, 4.69) is 10.6 Å². The van der Waals surface area contributed by atoms with Gasteiger partial charge in [-0.1, -0.05) is 35.3 Å². The molecule has 1 heterocycles. The highest BCUT2D eigenvalue weighted by Crippen LogP contribution is 2.50. The van der Waals surface area contributed by atoms with Crippen molar-refractivity contribution in [3.8, 4) is 0 Å². The van der Waals surface area contributed by atoms with Crippen molar-refractivity contribution in [1.82, 2.24) is 10.6 Å². The van der Waals surface area contributed by atoms with Crippen molar-refractivity contribution in [3.63, 3.8) is 0 Å². The second-order valence-electron chi connectivity index (χ2n) is 5.64. The third-order valence-corrected chi connectivity index (χ3v) is 4.98. The largest absolute Gasteiger partial charge is 0.352 e. The van der Waals surface area contributed by atoms with E-state index < -0.39 is 0 Å². The van der Waals surface area contributed by atoms with E-state index in [0.29, 0.717) is 10.0 Å². The van der Waals surface area contributed by atoms with Crippen molar-refractivity contribution < 1.29 is 4.79 Å². The number of benzene rings is 1. The van der Waals surface area contributed by atoms with Gasteiger partial charge in [0.05, 0.1) is 10.0 Å². The van der Waals surface area contributed by atoms with Crippen LogP contribution in [-0.2, 0) is 4.79 Å². The number of rotatable bonds is 3. The Kier molecular flexibility index (Phi) is 4.20. The number of hydrogen-bond donors (Lipinski definition) is 2. The van der Waals surface area contributed by atoms with Crippen LogP contribution in [0.1, 0.15) is 30.7 Å². The second kappa shape index (κ2) is 5.92. The van der Waals surface area contributed by atoms with Crippen LogP contribution in [-0.4, -0.2) is 25.0 Å². The normalized spacial score (nSPS) is 29.0. The Morgan fingerprint density at radius 3 is 2.95 bits per heavy atom. The van der Waals surface area contributed by atoms with E-state index in [0.717, 1.165) is 37.9 Å². The number of piperidine rings is 1. The maximum atomic E-state index is 12.2. The average molecular weight is 313 g/mol. The Morgan fingerprint density at radius 2 is 2.20 bits per heavy atom. The van der Waals surface area contributed by atoms with E-state index in [1.807, 2.05) is 12.1 Å². The van der Waals surface area contributed by atoms with Gasteiger partial charge in [-0.3, -0.25) is 4.79 Å². The standard InChI is InChI=1S/C15H18Cl2N2O/c16-13-5-1-4-10(14(13)17)11-7-12(11)15(20)19-9-3-2-6-18-8-9/h1,4-5,9,11-12,18H,2-3,6-8H2,(H,19,20). The molecule has 3 rings (SSSR count). The first kappa shape index (κ1) is 14.2. The zero-order valence-corrected chi connectivity index (χ0v) is 12.7. The molecule has 2 aliphatic rings. The summed E-state index contributed by atoms with van der Waals surface area (Å²) in [5.41, 5.74) is 1.00. The summed E-state index contributed by atoms with van der Waals surface area (Å²) >= 11 is 12.2. The Labute approximate surface area is 129 Å². The summed E-state index contributed by atoms with van der Waals surface area (Å²) in [6, 6.07) is 5.90. The highest BCUT2D eigenvalue weighted by Gasteiger charge is 2.45. The Balaban J connectivity index is 1.60. The van der Waals surface area contributed by atoms with Crippen LogP contribution in [0.2, 0.25) is 10.0 Å². The van der Waals surface area contributed by atoms with Crippen molar-refractivity contribution >= 4 is 29.1 Å². The predicted octanol–water partition coefficient (Wildman–Crippen LogP) is 2.97. The summed E-state index contributed by atoms with van der Waals surface area (Å²) < 4.78 is 0. The van der Waals surface area contributed by atoms with Crippen molar-refractivity contribution in [3.05, 3.63) is 33.8 Å². The molecule has 1 saturated heterocycles. The molecule has 1 saturated carbocycles. The van der Waals surface area contributed by atoms with E-state index in [4.69, 9.17) is 23.2 Å². The Bertz CT molecular complexity index is 515. The van der Waals surface area contributed by atoms with Gasteiger partial charge < -0.3 is 10.6 Å². The third-order valence-electron chi connectivity index (χ3n) is 4.15. The molecule has 5 heteroatoms. The van der Waals surface area contributed by atoms with E-state index in [-0.39, 0.29) is 23.8 Å². The topological polar surface area (TPSA) is 41.1 Å². The van der Waals surface area contributed by atoms with Gasteiger partial charge in [0.1, 0.15) is 0 Å². The lowest BCUT2D eigenvalue weighted by molar-refractivity contribution is -0.123. The van der Waals surface area contributed by atoms with Crippen LogP contribution in [0.15, 0.2) is 18.2 Å². The first-order valence-electron chi connectivity index (χ1n) is 7.12. The van der Waals surface area contributed by atoms with Gasteiger partial charge in [0, 0.05) is 18.5 Å². The molecule has 0 spiro atoms. The molecule has 108 valence electrons. The smallest absolute Gasteiger partial charge is 0.224 e. The molecule has 3 atom stereocenters. The van der Waals surface area contributed by atoms with E-state index in [9.17, 15) is 4.79 Å². The number of nitrogens with one attached hydrogen (secondary N) is 2. The minimum atomic E-state index is 0.0490. The molecule has 1 amide bonds. The summed E-state index contributed by atoms with van der Waals surface area (Å²) in [6.07, 6.45) is 3.05. The first-order chi connectivity index (χ1) is 9.66. The van der Waals surface area contributed by atoms with Crippen LogP contribution in [0.3, 0.4) is 0 Å². The van der Waals surface area contributed by atoms with Gasteiger partial charge in [-0.15, -0.1) is 0 Å². The summed E-state index contributed by atoms with van der Waals surface area (Å²) in [6.45, 7) is 1.93. The van der Waals surface area contributed by atoms with Gasteiger partial charge in [-0.25, -0.2) is 0 Å². The molecular weight excluding hydrogens is 295 g/mol. The van der Waals surface area contributed by atoms with Crippen LogP contribution in [0, 0.1) is 5.92 Å². The number of carbonyl (C=O) groups excluding carboxylic acids is 1. The van der Waals surface area contributed by atoms with Crippen LogP contribution in [0.4, 0.5) is 0 Å². The summed E-state index contributed by atoms with van der Waals surface area (Å²) in [5, 5.41) is 7.60. The maximum absolute atomic E-state index is 12.2. The van der Waals surface area contributed by atoms with Crippen molar-refractivity contribution in [2.45, 2.75) is 31.2 Å². The average Bonchev–Trinajstić information content (AvgIpc) is 3.23. The number of amides is 1. The van der Waals surface area contributed by atoms with Gasteiger partial charge in [-0.2, -0.15) is 0 Å². The fourth-order valence-electron chi connectivity index (χ4n) is 2.92. The first-order valence-corrected chi connectivity index (χ1v) is 7.87. The molecule has 2 fully saturated rings. The summed E-state index contributed by atoms with van der Waals surface area (Å²) in [5.74, 6) is 0.422. The van der Waals surface area contributed by atoms with E-state index in [1.165, 1.54) is 0 Å². The van der Waals surface area contributed by atoms with Gasteiger partial charge in [0.15, 0.2) is 0 Å². The quantitative estimate of drug-likeness (QED) is 0.901. The molecule has 1 aliphatic heterocycles. The van der Waals surface area contributed by atoms with Crippen LogP contribution in [0.5, 0.6) is 0 Å². The molecule has 2 N–H and O–H groups in total. The zero-order valence-electron chi connectivity index (χ0n) is 11.2. The lowest BCUT2D eigenvalue weighted by Crippen LogP contribution is -2.46. The number of carbonyl (C=O) groups is 1. The Morgan fingerprint density at radius 1 is 1.35 bits per heavy atom. The third kappa shape index (κ3) is 2.95. The summed E-state index contributed by atoms with van der Waals surface area (Å²) in [7, 11) is 0. The molecule has 0 radical (unpaired) electrons. The highest BCUT2D eigenvalue weighted by atomic mass is 35.5. The molecule has 1 aliphatic carbocycles. The van der Waals surface area contributed by atoms with Crippen molar-refractivity contribution in [1.29, 1.82) is 0 Å². The summed E-state index contributed by atoms with van der Waals surface area (Å²) in [4.78, 5) is 12.2. The van der Waals surface area contributed by atoms with Crippen LogP contribution >= 0.6 is 23.2 Å². The predicted molar refractivity (Wildman–Crippen MR) is 81.3 cm³/mol. The van der Waals surface area contributed by atoms with Gasteiger partial charge >= 0.3 is 0 Å². The Hall–Kier alpha value is -0.770. The van der Waals surface area contributed by atoms with Gasteiger partial charge in [-0.05, 0) is 43.4 Å². The van der Waals surface area contributed by atoms with Crippen LogP contribution in [0.25, 0.3) is 0 Å². The zero-order chi connectivity index (χ0) is 14.1. The molecule has 1 aromatic carbocycles. The van der Waals surface area contributed by atoms with Gasteiger partial charge in [0.25, 0.3) is 0 Å².